The third kappa shape index (κ3) is 5.68. The van der Waals surface area contributed by atoms with E-state index in [4.69, 9.17) is 4.74 Å². The van der Waals surface area contributed by atoms with Crippen molar-refractivity contribution < 1.29 is 29.6 Å². The van der Waals surface area contributed by atoms with Crippen LogP contribution in [0.3, 0.4) is 0 Å². The van der Waals surface area contributed by atoms with Gasteiger partial charge in [0.05, 0.1) is 30.5 Å². The van der Waals surface area contributed by atoms with Gasteiger partial charge in [0.1, 0.15) is 6.61 Å². The maximum Gasteiger partial charge on any atom is 0.416 e. The fourth-order valence-corrected chi connectivity index (χ4v) is 5.95. The van der Waals surface area contributed by atoms with Gasteiger partial charge in [-0.25, -0.2) is 9.69 Å². The highest BCUT2D eigenvalue weighted by Gasteiger charge is 2.46. The van der Waals surface area contributed by atoms with Gasteiger partial charge in [-0.2, -0.15) is 0 Å². The van der Waals surface area contributed by atoms with E-state index in [1.807, 2.05) is 6.92 Å². The zero-order valence-corrected chi connectivity index (χ0v) is 21.0. The summed E-state index contributed by atoms with van der Waals surface area (Å²) in [6.07, 6.45) is -1.76. The van der Waals surface area contributed by atoms with Crippen LogP contribution in [0.25, 0.3) is 0 Å². The summed E-state index contributed by atoms with van der Waals surface area (Å²) in [6, 6.07) is 2.27. The van der Waals surface area contributed by atoms with Crippen LogP contribution in [0.2, 0.25) is 0 Å². The number of carbonyl (C=O) groups excluding carboxylic acids is 2. The second-order valence-corrected chi connectivity index (χ2v) is 12.8. The number of amides is 2. The topological polar surface area (TPSA) is 111 Å². The van der Waals surface area contributed by atoms with Gasteiger partial charge in [0, 0.05) is 16.5 Å². The van der Waals surface area contributed by atoms with Gasteiger partial charge in [0.25, 0.3) is 5.91 Å². The molecule has 2 aliphatic heterocycles. The zero-order valence-electron chi connectivity index (χ0n) is 19.4. The summed E-state index contributed by atoms with van der Waals surface area (Å²) in [7, 11) is 3.31. The molecule has 0 saturated carbocycles. The Hall–Kier alpha value is -1.72. The Morgan fingerprint density at radius 2 is 1.91 bits per heavy atom. The zero-order chi connectivity index (χ0) is 24.5. The Labute approximate surface area is 202 Å². The van der Waals surface area contributed by atoms with E-state index in [0.717, 1.165) is 10.5 Å². The third-order valence-corrected chi connectivity index (χ3v) is 9.25. The van der Waals surface area contributed by atoms with E-state index in [0.29, 0.717) is 17.5 Å². The molecule has 182 valence electrons. The molecule has 0 aromatic heterocycles. The Bertz CT molecular complexity index is 932. The summed E-state index contributed by atoms with van der Waals surface area (Å²) in [4.78, 5) is 29.1. The van der Waals surface area contributed by atoms with E-state index in [9.17, 15) is 24.9 Å². The first-order valence-corrected chi connectivity index (χ1v) is 13.0. The highest BCUT2D eigenvalue weighted by Crippen LogP contribution is 2.39. The molecule has 1 saturated heterocycles. The normalized spacial score (nSPS) is 21.5. The SMILES string of the molecule is C=C1C[C@H]2C(O)N(C(=O)OC[C@@H](C)SSC(C)(C)C)c3cc(CO)c(CO)cc3C(=O)N2C1. The first-order chi connectivity index (χ1) is 15.5. The number of ether oxygens (including phenoxy) is 1. The lowest BCUT2D eigenvalue weighted by molar-refractivity contribution is 0.0491. The highest BCUT2D eigenvalue weighted by molar-refractivity contribution is 8.77. The molecule has 1 unspecified atom stereocenters. The molecule has 3 atom stereocenters. The molecule has 3 N–H and O–H groups in total. The van der Waals surface area contributed by atoms with Gasteiger partial charge in [-0.05, 0) is 36.6 Å². The second-order valence-electron chi connectivity index (χ2n) is 9.37. The van der Waals surface area contributed by atoms with Crippen LogP contribution in [-0.2, 0) is 18.0 Å². The quantitative estimate of drug-likeness (QED) is 0.407. The molecule has 0 bridgehead atoms. The number of nitrogens with zero attached hydrogens (tertiary/aromatic N) is 2. The maximum absolute atomic E-state index is 13.3. The Morgan fingerprint density at radius 1 is 1.27 bits per heavy atom. The number of hydrogen-bond donors (Lipinski definition) is 3. The summed E-state index contributed by atoms with van der Waals surface area (Å²) >= 11 is 0. The van der Waals surface area contributed by atoms with E-state index >= 15 is 0 Å². The van der Waals surface area contributed by atoms with Crippen LogP contribution < -0.4 is 4.90 Å². The van der Waals surface area contributed by atoms with Crippen molar-refractivity contribution in [2.45, 2.75) is 69.6 Å². The molecule has 0 aliphatic carbocycles. The van der Waals surface area contributed by atoms with Crippen molar-refractivity contribution >= 4 is 39.3 Å². The van der Waals surface area contributed by atoms with Crippen LogP contribution in [0, 0.1) is 0 Å². The average Bonchev–Trinajstić information content (AvgIpc) is 3.13. The molecule has 2 heterocycles. The lowest BCUT2D eigenvalue weighted by Crippen LogP contribution is -2.51. The smallest absolute Gasteiger partial charge is 0.416 e. The monoisotopic (exact) mass is 496 g/mol. The van der Waals surface area contributed by atoms with Crippen molar-refractivity contribution in [3.8, 4) is 0 Å². The van der Waals surface area contributed by atoms with E-state index in [1.165, 1.54) is 17.0 Å². The van der Waals surface area contributed by atoms with Crippen molar-refractivity contribution in [1.82, 2.24) is 4.90 Å². The van der Waals surface area contributed by atoms with Crippen LogP contribution in [0.4, 0.5) is 10.5 Å². The predicted molar refractivity (Wildman–Crippen MR) is 131 cm³/mol. The number of aliphatic hydroxyl groups excluding tert-OH is 3. The molecule has 1 aromatic carbocycles. The van der Waals surface area contributed by atoms with Crippen LogP contribution in [-0.4, -0.2) is 67.6 Å². The van der Waals surface area contributed by atoms with E-state index in [2.05, 4.69) is 27.4 Å². The standard InChI is InChI=1S/C23H32N2O6S2/c1-13-6-19-21(29)25(22(30)31-12-14(2)32-33-23(3,4)5)18-8-16(11-27)15(10-26)7-17(18)20(28)24(19)9-13/h7-8,14,19,21,26-27,29H,1,6,9-12H2,2-5H3/t14-,19+,21?/m1/s1. The van der Waals surface area contributed by atoms with E-state index in [1.54, 1.807) is 21.6 Å². The first-order valence-electron chi connectivity index (χ1n) is 10.8. The third-order valence-electron chi connectivity index (χ3n) is 5.41. The average molecular weight is 497 g/mol. The summed E-state index contributed by atoms with van der Waals surface area (Å²) in [5.74, 6) is -0.368. The highest BCUT2D eigenvalue weighted by atomic mass is 33.1. The Balaban J connectivity index is 1.93. The second kappa shape index (κ2) is 10.3. The van der Waals surface area contributed by atoms with Gasteiger partial charge in [-0.15, -0.1) is 0 Å². The van der Waals surface area contributed by atoms with Gasteiger partial charge >= 0.3 is 6.09 Å². The number of carbonyl (C=O) groups is 2. The predicted octanol–water partition coefficient (Wildman–Crippen LogP) is 3.29. The summed E-state index contributed by atoms with van der Waals surface area (Å²) in [5, 5.41) is 30.7. The van der Waals surface area contributed by atoms with Crippen molar-refractivity contribution in [3.63, 3.8) is 0 Å². The summed E-state index contributed by atoms with van der Waals surface area (Å²) < 4.78 is 5.62. The molecule has 33 heavy (non-hydrogen) atoms. The van der Waals surface area contributed by atoms with Gasteiger partial charge in [0.2, 0.25) is 0 Å². The van der Waals surface area contributed by atoms with E-state index in [-0.39, 0.29) is 46.9 Å². The molecular formula is C23H32N2O6S2. The molecule has 0 radical (unpaired) electrons. The molecule has 0 spiro atoms. The number of fused-ring (bicyclic) bond motifs is 2. The molecule has 2 aliphatic rings. The number of rotatable bonds is 6. The molecular weight excluding hydrogens is 464 g/mol. The lowest BCUT2D eigenvalue weighted by Gasteiger charge is -2.32. The summed E-state index contributed by atoms with van der Waals surface area (Å²) in [6.45, 7) is 11.8. The van der Waals surface area contributed by atoms with Crippen LogP contribution in [0.15, 0.2) is 24.3 Å². The lowest BCUT2D eigenvalue weighted by atomic mass is 10.0. The van der Waals surface area contributed by atoms with Gasteiger partial charge in [0.15, 0.2) is 6.23 Å². The van der Waals surface area contributed by atoms with Crippen molar-refractivity contribution in [3.05, 3.63) is 41.0 Å². The van der Waals surface area contributed by atoms with E-state index < -0.39 is 25.0 Å². The van der Waals surface area contributed by atoms with Crippen LogP contribution in [0.5, 0.6) is 0 Å². The minimum Gasteiger partial charge on any atom is -0.448 e. The summed E-state index contributed by atoms with van der Waals surface area (Å²) in [5.41, 5.74) is 1.85. The van der Waals surface area contributed by atoms with Crippen LogP contribution >= 0.6 is 21.6 Å². The number of aliphatic hydroxyl groups is 3. The molecule has 1 aromatic rings. The molecule has 8 nitrogen and oxygen atoms in total. The number of hydrogen-bond acceptors (Lipinski definition) is 8. The molecule has 3 rings (SSSR count). The van der Waals surface area contributed by atoms with Crippen molar-refractivity contribution in [1.29, 1.82) is 0 Å². The van der Waals surface area contributed by atoms with Crippen LogP contribution in [0.1, 0.15) is 55.6 Å². The molecule has 10 heteroatoms. The first kappa shape index (κ1) is 25.9. The van der Waals surface area contributed by atoms with Gasteiger partial charge in [-0.3, -0.25) is 4.79 Å². The largest absolute Gasteiger partial charge is 0.448 e. The number of benzene rings is 1. The molecule has 2 amide bonds. The number of anilines is 1. The Morgan fingerprint density at radius 3 is 2.52 bits per heavy atom. The fraction of sp³-hybridized carbons (Fsp3) is 0.565. The Kier molecular flexibility index (Phi) is 8.06. The molecule has 1 fully saturated rings. The van der Waals surface area contributed by atoms with Gasteiger partial charge in [-0.1, -0.05) is 54.5 Å². The maximum atomic E-state index is 13.3. The van der Waals surface area contributed by atoms with Gasteiger partial charge < -0.3 is 25.0 Å². The van der Waals surface area contributed by atoms with Crippen molar-refractivity contribution in [2.75, 3.05) is 18.1 Å². The van der Waals surface area contributed by atoms with Crippen molar-refractivity contribution in [2.24, 2.45) is 0 Å². The minimum absolute atomic E-state index is 0.0101. The fourth-order valence-electron chi connectivity index (χ4n) is 3.85. The minimum atomic E-state index is -1.35.